The van der Waals surface area contributed by atoms with Crippen LogP contribution in [-0.2, 0) is 0 Å². The number of hydrogen-bond donors (Lipinski definition) is 0. The largest absolute Gasteiger partial charge is 0.316 e. The second-order valence-electron chi connectivity index (χ2n) is 5.25. The third kappa shape index (κ3) is 2.05. The van der Waals surface area contributed by atoms with Crippen molar-refractivity contribution in [3.8, 4) is 0 Å². The number of thioether (sulfide) groups is 1. The standard InChI is InChI=1S/C15H20N2S/c1-11-8-9-14-13(10-11)16-15(18-2)17(14)12-6-4-3-5-7-12/h8-10,12H,3-7H2,1-2H3. The first-order valence-corrected chi connectivity index (χ1v) is 8.04. The van der Waals surface area contributed by atoms with Crippen LogP contribution in [0, 0.1) is 6.92 Å². The number of hydrogen-bond acceptors (Lipinski definition) is 2. The van der Waals surface area contributed by atoms with Crippen LogP contribution in [0.5, 0.6) is 0 Å². The van der Waals surface area contributed by atoms with E-state index in [-0.39, 0.29) is 0 Å². The van der Waals surface area contributed by atoms with Crippen molar-refractivity contribution in [2.45, 2.75) is 50.2 Å². The highest BCUT2D eigenvalue weighted by Crippen LogP contribution is 2.35. The highest BCUT2D eigenvalue weighted by molar-refractivity contribution is 7.98. The molecule has 1 aromatic carbocycles. The fraction of sp³-hybridized carbons (Fsp3) is 0.533. The van der Waals surface area contributed by atoms with E-state index in [9.17, 15) is 0 Å². The van der Waals surface area contributed by atoms with Crippen molar-refractivity contribution in [1.29, 1.82) is 0 Å². The molecule has 0 saturated heterocycles. The van der Waals surface area contributed by atoms with E-state index in [4.69, 9.17) is 4.98 Å². The highest BCUT2D eigenvalue weighted by Gasteiger charge is 2.20. The topological polar surface area (TPSA) is 17.8 Å². The summed E-state index contributed by atoms with van der Waals surface area (Å²) in [5, 5.41) is 1.18. The van der Waals surface area contributed by atoms with Gasteiger partial charge in [-0.2, -0.15) is 0 Å². The van der Waals surface area contributed by atoms with E-state index in [1.54, 1.807) is 11.8 Å². The Morgan fingerprint density at radius 1 is 1.22 bits per heavy atom. The number of fused-ring (bicyclic) bond motifs is 1. The zero-order valence-electron chi connectivity index (χ0n) is 11.1. The van der Waals surface area contributed by atoms with Crippen molar-refractivity contribution in [3.05, 3.63) is 23.8 Å². The summed E-state index contributed by atoms with van der Waals surface area (Å²) in [7, 11) is 0. The summed E-state index contributed by atoms with van der Waals surface area (Å²) >= 11 is 1.77. The molecule has 0 radical (unpaired) electrons. The van der Waals surface area contributed by atoms with Crippen LogP contribution < -0.4 is 0 Å². The average Bonchev–Trinajstić information content (AvgIpc) is 2.77. The lowest BCUT2D eigenvalue weighted by atomic mass is 9.95. The van der Waals surface area contributed by atoms with Crippen LogP contribution in [0.25, 0.3) is 11.0 Å². The van der Waals surface area contributed by atoms with Crippen molar-refractivity contribution < 1.29 is 0 Å². The van der Waals surface area contributed by atoms with Gasteiger partial charge in [-0.05, 0) is 43.7 Å². The summed E-state index contributed by atoms with van der Waals surface area (Å²) in [6.45, 7) is 2.14. The van der Waals surface area contributed by atoms with Crippen molar-refractivity contribution in [2.75, 3.05) is 6.26 Å². The van der Waals surface area contributed by atoms with E-state index < -0.39 is 0 Å². The molecule has 0 bridgehead atoms. The maximum absolute atomic E-state index is 4.79. The number of benzene rings is 1. The lowest BCUT2D eigenvalue weighted by Gasteiger charge is -2.25. The van der Waals surface area contributed by atoms with Gasteiger partial charge in [0.25, 0.3) is 0 Å². The predicted molar refractivity (Wildman–Crippen MR) is 78.4 cm³/mol. The second kappa shape index (κ2) is 4.96. The summed E-state index contributed by atoms with van der Waals surface area (Å²) in [5.41, 5.74) is 3.77. The fourth-order valence-electron chi connectivity index (χ4n) is 3.02. The Balaban J connectivity index is 2.12. The molecule has 0 atom stereocenters. The van der Waals surface area contributed by atoms with Crippen LogP contribution in [-0.4, -0.2) is 15.8 Å². The quantitative estimate of drug-likeness (QED) is 0.736. The molecule has 2 nitrogen and oxygen atoms in total. The van der Waals surface area contributed by atoms with Crippen LogP contribution in [0.1, 0.15) is 43.7 Å². The zero-order valence-corrected chi connectivity index (χ0v) is 12.0. The Kier molecular flexibility index (Phi) is 3.33. The molecular formula is C15H20N2S. The minimum Gasteiger partial charge on any atom is -0.316 e. The maximum atomic E-state index is 4.79. The van der Waals surface area contributed by atoms with E-state index in [2.05, 4.69) is 35.9 Å². The predicted octanol–water partition coefficient (Wildman–Crippen LogP) is 4.57. The minimum atomic E-state index is 0.661. The van der Waals surface area contributed by atoms with E-state index in [0.29, 0.717) is 6.04 Å². The first-order valence-electron chi connectivity index (χ1n) is 6.82. The van der Waals surface area contributed by atoms with Gasteiger partial charge in [-0.3, -0.25) is 0 Å². The first-order chi connectivity index (χ1) is 8.79. The van der Waals surface area contributed by atoms with E-state index >= 15 is 0 Å². The van der Waals surface area contributed by atoms with Crippen molar-refractivity contribution in [1.82, 2.24) is 9.55 Å². The third-order valence-electron chi connectivity index (χ3n) is 3.94. The SMILES string of the molecule is CSc1nc2cc(C)ccc2n1C1CCCCC1. The molecule has 0 aliphatic heterocycles. The van der Waals surface area contributed by atoms with Crippen LogP contribution >= 0.6 is 11.8 Å². The molecule has 1 aliphatic carbocycles. The Bertz CT molecular complexity index is 553. The number of aromatic nitrogens is 2. The lowest BCUT2D eigenvalue weighted by Crippen LogP contribution is -2.13. The molecule has 0 unspecified atom stereocenters. The van der Waals surface area contributed by atoms with Crippen LogP contribution in [0.15, 0.2) is 23.4 Å². The Morgan fingerprint density at radius 3 is 2.72 bits per heavy atom. The average molecular weight is 260 g/mol. The summed E-state index contributed by atoms with van der Waals surface area (Å²) in [6.07, 6.45) is 8.89. The Labute approximate surface area is 113 Å². The van der Waals surface area contributed by atoms with Gasteiger partial charge in [0.1, 0.15) is 0 Å². The van der Waals surface area contributed by atoms with Crippen molar-refractivity contribution in [3.63, 3.8) is 0 Å². The first kappa shape index (κ1) is 12.1. The molecule has 2 aromatic rings. The molecule has 3 rings (SSSR count). The molecule has 1 aliphatic rings. The highest BCUT2D eigenvalue weighted by atomic mass is 32.2. The lowest BCUT2D eigenvalue weighted by molar-refractivity contribution is 0.344. The fourth-order valence-corrected chi connectivity index (χ4v) is 3.66. The summed E-state index contributed by atoms with van der Waals surface area (Å²) in [6, 6.07) is 7.31. The monoisotopic (exact) mass is 260 g/mol. The number of nitrogens with zero attached hydrogens (tertiary/aromatic N) is 2. The molecule has 1 aromatic heterocycles. The van der Waals surface area contributed by atoms with E-state index in [0.717, 1.165) is 5.52 Å². The summed E-state index contributed by atoms with van der Waals surface area (Å²) in [5.74, 6) is 0. The molecular weight excluding hydrogens is 240 g/mol. The van der Waals surface area contributed by atoms with Gasteiger partial charge in [-0.1, -0.05) is 37.1 Å². The number of rotatable bonds is 2. The van der Waals surface area contributed by atoms with Gasteiger partial charge in [0, 0.05) is 6.04 Å². The van der Waals surface area contributed by atoms with Gasteiger partial charge in [0.05, 0.1) is 11.0 Å². The van der Waals surface area contributed by atoms with Crippen LogP contribution in [0.4, 0.5) is 0 Å². The molecule has 0 amide bonds. The summed E-state index contributed by atoms with van der Waals surface area (Å²) < 4.78 is 2.48. The van der Waals surface area contributed by atoms with Gasteiger partial charge in [-0.25, -0.2) is 4.98 Å². The molecule has 1 fully saturated rings. The van der Waals surface area contributed by atoms with E-state index in [1.165, 1.54) is 48.3 Å². The number of aryl methyl sites for hydroxylation is 1. The smallest absolute Gasteiger partial charge is 0.169 e. The normalized spacial score (nSPS) is 17.4. The maximum Gasteiger partial charge on any atom is 0.169 e. The molecule has 18 heavy (non-hydrogen) atoms. The molecule has 3 heteroatoms. The molecule has 96 valence electrons. The third-order valence-corrected chi connectivity index (χ3v) is 4.59. The van der Waals surface area contributed by atoms with Gasteiger partial charge in [-0.15, -0.1) is 0 Å². The summed E-state index contributed by atoms with van der Waals surface area (Å²) in [4.78, 5) is 4.79. The Morgan fingerprint density at radius 2 is 2.00 bits per heavy atom. The van der Waals surface area contributed by atoms with Crippen molar-refractivity contribution in [2.24, 2.45) is 0 Å². The molecule has 1 heterocycles. The molecule has 0 N–H and O–H groups in total. The van der Waals surface area contributed by atoms with Crippen LogP contribution in [0.2, 0.25) is 0 Å². The van der Waals surface area contributed by atoms with Gasteiger partial charge in [0.15, 0.2) is 5.16 Å². The minimum absolute atomic E-state index is 0.661. The second-order valence-corrected chi connectivity index (χ2v) is 6.03. The van der Waals surface area contributed by atoms with Crippen molar-refractivity contribution >= 4 is 22.8 Å². The molecule has 1 saturated carbocycles. The van der Waals surface area contributed by atoms with Crippen LogP contribution in [0.3, 0.4) is 0 Å². The number of imidazole rings is 1. The van der Waals surface area contributed by atoms with Gasteiger partial charge >= 0.3 is 0 Å². The van der Waals surface area contributed by atoms with E-state index in [1.807, 2.05) is 0 Å². The van der Waals surface area contributed by atoms with Gasteiger partial charge in [0.2, 0.25) is 0 Å². The Hall–Kier alpha value is -0.960. The zero-order chi connectivity index (χ0) is 12.5. The molecule has 0 spiro atoms. The van der Waals surface area contributed by atoms with Gasteiger partial charge < -0.3 is 4.57 Å².